The number of carbonyl (C=O) groups excluding carboxylic acids is 1. The SMILES string of the molecule is CC(C)(C)OC(=O)NC1CC(Oc2ccc(C(C)(C)c3ccc(Oc4cnc(N)nn4)cc3)cc2)C1. The molecule has 1 aliphatic rings. The molecular weight excluding hydrogens is 458 g/mol. The van der Waals surface area contributed by atoms with E-state index in [1.807, 2.05) is 57.2 Å². The van der Waals surface area contributed by atoms with Gasteiger partial charge in [0.1, 0.15) is 23.2 Å². The van der Waals surface area contributed by atoms with E-state index in [4.69, 9.17) is 19.9 Å². The van der Waals surface area contributed by atoms with Gasteiger partial charge in [-0.1, -0.05) is 38.1 Å². The third-order valence-corrected chi connectivity index (χ3v) is 6.05. The van der Waals surface area contributed by atoms with Crippen molar-refractivity contribution < 1.29 is 19.0 Å². The average Bonchev–Trinajstić information content (AvgIpc) is 2.79. The van der Waals surface area contributed by atoms with Crippen molar-refractivity contribution in [2.45, 2.75) is 70.6 Å². The Bertz CT molecular complexity index is 1170. The summed E-state index contributed by atoms with van der Waals surface area (Å²) in [6, 6.07) is 16.1. The second-order valence-corrected chi connectivity index (χ2v) is 10.5. The summed E-state index contributed by atoms with van der Waals surface area (Å²) in [7, 11) is 0. The zero-order valence-corrected chi connectivity index (χ0v) is 21.3. The van der Waals surface area contributed by atoms with Crippen molar-refractivity contribution in [1.29, 1.82) is 0 Å². The molecule has 0 saturated heterocycles. The number of amides is 1. The van der Waals surface area contributed by atoms with Gasteiger partial charge in [0.2, 0.25) is 5.95 Å². The van der Waals surface area contributed by atoms with Crippen LogP contribution in [0.2, 0.25) is 0 Å². The van der Waals surface area contributed by atoms with Crippen LogP contribution in [0.25, 0.3) is 0 Å². The zero-order valence-electron chi connectivity index (χ0n) is 21.3. The van der Waals surface area contributed by atoms with E-state index in [0.29, 0.717) is 5.75 Å². The van der Waals surface area contributed by atoms with Crippen LogP contribution >= 0.6 is 0 Å². The van der Waals surface area contributed by atoms with Gasteiger partial charge >= 0.3 is 6.09 Å². The van der Waals surface area contributed by atoms with Gasteiger partial charge in [-0.15, -0.1) is 10.2 Å². The standard InChI is InChI=1S/C27H33N5O4/c1-26(2,3)36-25(33)30-19-14-22(15-19)34-20-10-6-17(7-11-20)27(4,5)18-8-12-21(13-9-18)35-23-16-29-24(28)32-31-23/h6-13,16,19,22H,14-15H2,1-5H3,(H,30,33)(H2,28,29,32). The van der Waals surface area contributed by atoms with Crippen molar-refractivity contribution in [1.82, 2.24) is 20.5 Å². The highest BCUT2D eigenvalue weighted by atomic mass is 16.6. The van der Waals surface area contributed by atoms with Crippen LogP contribution in [0, 0.1) is 0 Å². The Morgan fingerprint density at radius 3 is 2.03 bits per heavy atom. The van der Waals surface area contributed by atoms with Crippen LogP contribution in [0.3, 0.4) is 0 Å². The normalized spacial score (nSPS) is 17.6. The quantitative estimate of drug-likeness (QED) is 0.473. The topological polar surface area (TPSA) is 121 Å². The lowest BCUT2D eigenvalue weighted by molar-refractivity contribution is 0.0363. The molecule has 1 heterocycles. The highest BCUT2D eigenvalue weighted by Gasteiger charge is 2.33. The van der Waals surface area contributed by atoms with Crippen LogP contribution in [-0.4, -0.2) is 39.0 Å². The molecule has 190 valence electrons. The molecule has 3 N–H and O–H groups in total. The Kier molecular flexibility index (Phi) is 7.01. The lowest BCUT2D eigenvalue weighted by Crippen LogP contribution is -2.50. The minimum atomic E-state index is -0.500. The summed E-state index contributed by atoms with van der Waals surface area (Å²) >= 11 is 0. The lowest BCUT2D eigenvalue weighted by atomic mass is 9.78. The average molecular weight is 492 g/mol. The number of anilines is 1. The summed E-state index contributed by atoms with van der Waals surface area (Å²) in [5.74, 6) is 1.84. The third kappa shape index (κ3) is 6.41. The van der Waals surface area contributed by atoms with Gasteiger partial charge < -0.3 is 25.3 Å². The van der Waals surface area contributed by atoms with E-state index in [-0.39, 0.29) is 35.5 Å². The number of ether oxygens (including phenoxy) is 3. The highest BCUT2D eigenvalue weighted by molar-refractivity contribution is 5.68. The second kappa shape index (κ2) is 10.0. The molecule has 0 unspecified atom stereocenters. The Morgan fingerprint density at radius 1 is 0.917 bits per heavy atom. The highest BCUT2D eigenvalue weighted by Crippen LogP contribution is 2.34. The fourth-order valence-electron chi connectivity index (χ4n) is 3.94. The van der Waals surface area contributed by atoms with Crippen LogP contribution in [-0.2, 0) is 10.2 Å². The Labute approximate surface area is 211 Å². The molecule has 1 amide bonds. The Hall–Kier alpha value is -3.88. The van der Waals surface area contributed by atoms with Gasteiger partial charge in [-0.2, -0.15) is 0 Å². The number of nitrogen functional groups attached to an aromatic ring is 1. The van der Waals surface area contributed by atoms with Crippen molar-refractivity contribution in [3.05, 3.63) is 65.9 Å². The Morgan fingerprint density at radius 2 is 1.50 bits per heavy atom. The zero-order chi connectivity index (χ0) is 25.9. The molecule has 1 saturated carbocycles. The van der Waals surface area contributed by atoms with E-state index >= 15 is 0 Å². The molecule has 0 atom stereocenters. The molecule has 0 radical (unpaired) electrons. The van der Waals surface area contributed by atoms with Gasteiger partial charge in [0, 0.05) is 24.3 Å². The van der Waals surface area contributed by atoms with E-state index in [9.17, 15) is 4.79 Å². The van der Waals surface area contributed by atoms with Crippen molar-refractivity contribution in [2.24, 2.45) is 0 Å². The second-order valence-electron chi connectivity index (χ2n) is 10.5. The summed E-state index contributed by atoms with van der Waals surface area (Å²) in [6.45, 7) is 9.90. The van der Waals surface area contributed by atoms with E-state index in [0.717, 1.165) is 29.7 Å². The number of nitrogens with two attached hydrogens (primary N) is 1. The first-order valence-corrected chi connectivity index (χ1v) is 12.0. The van der Waals surface area contributed by atoms with Crippen molar-refractivity contribution in [3.8, 4) is 17.4 Å². The van der Waals surface area contributed by atoms with Crippen LogP contribution < -0.4 is 20.5 Å². The number of benzene rings is 2. The maximum absolute atomic E-state index is 11.9. The minimum absolute atomic E-state index is 0.0808. The fourth-order valence-corrected chi connectivity index (χ4v) is 3.94. The summed E-state index contributed by atoms with van der Waals surface area (Å²) < 4.78 is 17.1. The van der Waals surface area contributed by atoms with E-state index < -0.39 is 5.60 Å². The maximum Gasteiger partial charge on any atom is 0.407 e. The number of carbonyl (C=O) groups is 1. The number of hydrogen-bond acceptors (Lipinski definition) is 8. The van der Waals surface area contributed by atoms with Crippen LogP contribution in [0.1, 0.15) is 58.6 Å². The van der Waals surface area contributed by atoms with Crippen LogP contribution in [0.5, 0.6) is 17.4 Å². The summed E-state index contributed by atoms with van der Waals surface area (Å²) in [5, 5.41) is 10.4. The van der Waals surface area contributed by atoms with Crippen LogP contribution in [0.15, 0.2) is 54.7 Å². The maximum atomic E-state index is 11.9. The molecule has 9 heteroatoms. The first-order valence-electron chi connectivity index (χ1n) is 12.0. The van der Waals surface area contributed by atoms with Gasteiger partial charge in [-0.3, -0.25) is 0 Å². The molecule has 3 aromatic rings. The smallest absolute Gasteiger partial charge is 0.407 e. The Balaban J connectivity index is 1.30. The summed E-state index contributed by atoms with van der Waals surface area (Å²) in [4.78, 5) is 15.8. The van der Waals surface area contributed by atoms with Crippen molar-refractivity contribution in [3.63, 3.8) is 0 Å². The van der Waals surface area contributed by atoms with E-state index in [1.165, 1.54) is 6.20 Å². The van der Waals surface area contributed by atoms with Gasteiger partial charge in [0.15, 0.2) is 0 Å². The molecule has 1 aliphatic carbocycles. The predicted molar refractivity (Wildman–Crippen MR) is 136 cm³/mol. The molecule has 0 bridgehead atoms. The molecule has 1 aromatic heterocycles. The van der Waals surface area contributed by atoms with Crippen molar-refractivity contribution >= 4 is 12.0 Å². The fraction of sp³-hybridized carbons (Fsp3) is 0.407. The monoisotopic (exact) mass is 491 g/mol. The van der Waals surface area contributed by atoms with E-state index in [2.05, 4.69) is 46.5 Å². The predicted octanol–water partition coefficient (Wildman–Crippen LogP) is 5.01. The van der Waals surface area contributed by atoms with Gasteiger partial charge in [0.05, 0.1) is 6.20 Å². The largest absolute Gasteiger partial charge is 0.490 e. The minimum Gasteiger partial charge on any atom is -0.490 e. The number of aromatic nitrogens is 3. The van der Waals surface area contributed by atoms with Gasteiger partial charge in [-0.25, -0.2) is 9.78 Å². The molecule has 1 fully saturated rings. The lowest BCUT2D eigenvalue weighted by Gasteiger charge is -2.36. The molecule has 36 heavy (non-hydrogen) atoms. The number of alkyl carbamates (subject to hydrolysis) is 1. The molecule has 4 rings (SSSR count). The number of hydrogen-bond donors (Lipinski definition) is 2. The third-order valence-electron chi connectivity index (χ3n) is 6.05. The first kappa shape index (κ1) is 25.2. The van der Waals surface area contributed by atoms with Gasteiger partial charge in [0.25, 0.3) is 5.88 Å². The summed E-state index contributed by atoms with van der Waals surface area (Å²) in [6.07, 6.45) is 2.66. The van der Waals surface area contributed by atoms with Crippen molar-refractivity contribution in [2.75, 3.05) is 5.73 Å². The first-order chi connectivity index (χ1) is 17.0. The molecule has 9 nitrogen and oxygen atoms in total. The van der Waals surface area contributed by atoms with E-state index in [1.54, 1.807) is 0 Å². The number of nitrogens with one attached hydrogen (secondary N) is 1. The molecular formula is C27H33N5O4. The van der Waals surface area contributed by atoms with Crippen LogP contribution in [0.4, 0.5) is 10.7 Å². The molecule has 2 aromatic carbocycles. The number of nitrogens with zero attached hydrogens (tertiary/aromatic N) is 3. The molecule has 0 spiro atoms. The number of rotatable bonds is 7. The molecule has 0 aliphatic heterocycles. The van der Waals surface area contributed by atoms with Gasteiger partial charge in [-0.05, 0) is 56.2 Å². The summed E-state index contributed by atoms with van der Waals surface area (Å²) in [5.41, 5.74) is 7.03.